The molecule has 0 spiro atoms. The summed E-state index contributed by atoms with van der Waals surface area (Å²) in [6, 6.07) is 3.99. The van der Waals surface area contributed by atoms with Crippen LogP contribution in [0.5, 0.6) is 5.75 Å². The third-order valence-corrected chi connectivity index (χ3v) is 3.24. The van der Waals surface area contributed by atoms with Gasteiger partial charge < -0.3 is 10.0 Å². The van der Waals surface area contributed by atoms with Crippen molar-refractivity contribution in [1.82, 2.24) is 0 Å². The standard InChI is InChI=1S/C11H14BrNO/c1-8-6-9(12)11(14)10(7-8)13-4-2-3-5-13/h6-7,14H,2-5H2,1H3. The first kappa shape index (κ1) is 9.84. The second kappa shape index (κ2) is 3.81. The summed E-state index contributed by atoms with van der Waals surface area (Å²) in [6.07, 6.45) is 2.45. The molecule has 1 heterocycles. The fraction of sp³-hybridized carbons (Fsp3) is 0.455. The predicted molar refractivity (Wildman–Crippen MR) is 62.0 cm³/mol. The highest BCUT2D eigenvalue weighted by Gasteiger charge is 2.17. The molecule has 2 rings (SSSR count). The molecule has 0 aromatic heterocycles. The van der Waals surface area contributed by atoms with E-state index >= 15 is 0 Å². The maximum atomic E-state index is 9.89. The van der Waals surface area contributed by atoms with Crippen LogP contribution in [-0.4, -0.2) is 18.2 Å². The van der Waals surface area contributed by atoms with E-state index in [9.17, 15) is 5.11 Å². The van der Waals surface area contributed by atoms with E-state index in [-0.39, 0.29) is 0 Å². The van der Waals surface area contributed by atoms with Gasteiger partial charge in [0.05, 0.1) is 10.2 Å². The SMILES string of the molecule is Cc1cc(Br)c(O)c(N2CCCC2)c1. The zero-order valence-electron chi connectivity index (χ0n) is 8.26. The minimum atomic E-state index is 0.373. The highest BCUT2D eigenvalue weighted by molar-refractivity contribution is 9.10. The van der Waals surface area contributed by atoms with Crippen molar-refractivity contribution >= 4 is 21.6 Å². The minimum Gasteiger partial charge on any atom is -0.505 e. The van der Waals surface area contributed by atoms with Crippen molar-refractivity contribution in [3.8, 4) is 5.75 Å². The first-order valence-corrected chi connectivity index (χ1v) is 5.72. The van der Waals surface area contributed by atoms with E-state index < -0.39 is 0 Å². The normalized spacial score (nSPS) is 16.3. The molecule has 1 aromatic carbocycles. The molecule has 1 aliphatic heterocycles. The van der Waals surface area contributed by atoms with Gasteiger partial charge in [-0.05, 0) is 53.4 Å². The van der Waals surface area contributed by atoms with Gasteiger partial charge in [0.25, 0.3) is 0 Å². The van der Waals surface area contributed by atoms with Crippen LogP contribution in [0, 0.1) is 6.92 Å². The Morgan fingerprint density at radius 1 is 1.29 bits per heavy atom. The van der Waals surface area contributed by atoms with Crippen LogP contribution < -0.4 is 4.90 Å². The molecule has 1 aliphatic rings. The predicted octanol–water partition coefficient (Wildman–Crippen LogP) is 3.06. The minimum absolute atomic E-state index is 0.373. The Morgan fingerprint density at radius 2 is 1.93 bits per heavy atom. The smallest absolute Gasteiger partial charge is 0.153 e. The molecule has 0 amide bonds. The zero-order chi connectivity index (χ0) is 10.1. The number of hydrogen-bond donors (Lipinski definition) is 1. The molecule has 76 valence electrons. The van der Waals surface area contributed by atoms with E-state index in [1.807, 2.05) is 19.1 Å². The van der Waals surface area contributed by atoms with Crippen LogP contribution >= 0.6 is 15.9 Å². The molecule has 1 saturated heterocycles. The summed E-state index contributed by atoms with van der Waals surface area (Å²) in [7, 11) is 0. The summed E-state index contributed by atoms with van der Waals surface area (Å²) in [4.78, 5) is 2.24. The van der Waals surface area contributed by atoms with Crippen LogP contribution in [0.1, 0.15) is 18.4 Å². The summed E-state index contributed by atoms with van der Waals surface area (Å²) in [5.74, 6) is 0.373. The Bertz CT molecular complexity index is 345. The molecule has 0 radical (unpaired) electrons. The largest absolute Gasteiger partial charge is 0.505 e. The highest BCUT2D eigenvalue weighted by atomic mass is 79.9. The summed E-state index contributed by atoms with van der Waals surface area (Å²) in [6.45, 7) is 4.16. The average molecular weight is 256 g/mol. The maximum Gasteiger partial charge on any atom is 0.153 e. The molecule has 0 atom stereocenters. The van der Waals surface area contributed by atoms with Crippen molar-refractivity contribution in [3.05, 3.63) is 22.2 Å². The Balaban J connectivity index is 2.40. The second-order valence-electron chi connectivity index (χ2n) is 3.81. The quantitative estimate of drug-likeness (QED) is 0.834. The van der Waals surface area contributed by atoms with E-state index in [0.717, 1.165) is 23.2 Å². The fourth-order valence-corrected chi connectivity index (χ4v) is 2.48. The molecular weight excluding hydrogens is 242 g/mol. The molecule has 0 saturated carbocycles. The van der Waals surface area contributed by atoms with E-state index in [1.165, 1.54) is 18.4 Å². The lowest BCUT2D eigenvalue weighted by Gasteiger charge is -2.20. The number of benzene rings is 1. The van der Waals surface area contributed by atoms with Gasteiger partial charge in [0.15, 0.2) is 5.75 Å². The van der Waals surface area contributed by atoms with Crippen molar-refractivity contribution < 1.29 is 5.11 Å². The van der Waals surface area contributed by atoms with Crippen LogP contribution in [0.25, 0.3) is 0 Å². The number of aromatic hydroxyl groups is 1. The molecule has 0 unspecified atom stereocenters. The van der Waals surface area contributed by atoms with Crippen LogP contribution in [0.4, 0.5) is 5.69 Å². The number of phenolic OH excluding ortho intramolecular Hbond substituents is 1. The topological polar surface area (TPSA) is 23.5 Å². The Kier molecular flexibility index (Phi) is 2.68. The number of phenols is 1. The first-order chi connectivity index (χ1) is 6.68. The molecule has 3 heteroatoms. The summed E-state index contributed by atoms with van der Waals surface area (Å²) < 4.78 is 0.791. The fourth-order valence-electron chi connectivity index (χ4n) is 1.92. The summed E-state index contributed by atoms with van der Waals surface area (Å²) in [5.41, 5.74) is 2.14. The maximum absolute atomic E-state index is 9.89. The van der Waals surface area contributed by atoms with E-state index in [0.29, 0.717) is 5.75 Å². The van der Waals surface area contributed by atoms with Gasteiger partial charge in [-0.2, -0.15) is 0 Å². The van der Waals surface area contributed by atoms with E-state index in [1.54, 1.807) is 0 Å². The molecule has 14 heavy (non-hydrogen) atoms. The number of aryl methyl sites for hydroxylation is 1. The van der Waals surface area contributed by atoms with Gasteiger partial charge in [0.1, 0.15) is 0 Å². The van der Waals surface area contributed by atoms with Gasteiger partial charge in [0, 0.05) is 13.1 Å². The van der Waals surface area contributed by atoms with Gasteiger partial charge in [-0.15, -0.1) is 0 Å². The Morgan fingerprint density at radius 3 is 2.57 bits per heavy atom. The van der Waals surface area contributed by atoms with Gasteiger partial charge in [-0.3, -0.25) is 0 Å². The zero-order valence-corrected chi connectivity index (χ0v) is 9.84. The van der Waals surface area contributed by atoms with Crippen LogP contribution in [0.2, 0.25) is 0 Å². The van der Waals surface area contributed by atoms with Crippen LogP contribution in [0.3, 0.4) is 0 Å². The monoisotopic (exact) mass is 255 g/mol. The lowest BCUT2D eigenvalue weighted by atomic mass is 10.2. The van der Waals surface area contributed by atoms with Crippen molar-refractivity contribution in [2.75, 3.05) is 18.0 Å². The van der Waals surface area contributed by atoms with E-state index in [2.05, 4.69) is 20.8 Å². The Labute approximate surface area is 92.7 Å². The van der Waals surface area contributed by atoms with Crippen molar-refractivity contribution in [2.24, 2.45) is 0 Å². The number of nitrogens with zero attached hydrogens (tertiary/aromatic N) is 1. The van der Waals surface area contributed by atoms with Gasteiger partial charge in [-0.25, -0.2) is 0 Å². The highest BCUT2D eigenvalue weighted by Crippen LogP contribution is 2.37. The third-order valence-electron chi connectivity index (χ3n) is 2.63. The van der Waals surface area contributed by atoms with Gasteiger partial charge >= 0.3 is 0 Å². The number of rotatable bonds is 1. The number of halogens is 1. The van der Waals surface area contributed by atoms with Crippen LogP contribution in [0.15, 0.2) is 16.6 Å². The van der Waals surface area contributed by atoms with Gasteiger partial charge in [0.2, 0.25) is 0 Å². The molecule has 1 aromatic rings. The van der Waals surface area contributed by atoms with Crippen LogP contribution in [-0.2, 0) is 0 Å². The third kappa shape index (κ3) is 1.73. The van der Waals surface area contributed by atoms with E-state index in [4.69, 9.17) is 0 Å². The van der Waals surface area contributed by atoms with Crippen molar-refractivity contribution in [2.45, 2.75) is 19.8 Å². The lowest BCUT2D eigenvalue weighted by molar-refractivity contribution is 0.471. The molecule has 0 aliphatic carbocycles. The molecule has 1 fully saturated rings. The average Bonchev–Trinajstić information content (AvgIpc) is 2.63. The second-order valence-corrected chi connectivity index (χ2v) is 4.66. The molecule has 0 bridgehead atoms. The summed E-state index contributed by atoms with van der Waals surface area (Å²) >= 11 is 3.37. The summed E-state index contributed by atoms with van der Waals surface area (Å²) in [5, 5.41) is 9.89. The Hall–Kier alpha value is -0.700. The lowest BCUT2D eigenvalue weighted by Crippen LogP contribution is -2.17. The van der Waals surface area contributed by atoms with Crippen molar-refractivity contribution in [3.63, 3.8) is 0 Å². The van der Waals surface area contributed by atoms with Gasteiger partial charge in [-0.1, -0.05) is 0 Å². The van der Waals surface area contributed by atoms with Crippen molar-refractivity contribution in [1.29, 1.82) is 0 Å². The number of anilines is 1. The molecule has 1 N–H and O–H groups in total. The number of hydrogen-bond acceptors (Lipinski definition) is 2. The molecular formula is C11H14BrNO. The molecule has 2 nitrogen and oxygen atoms in total. The first-order valence-electron chi connectivity index (χ1n) is 4.92.